The molecule has 1 aromatic heterocycles. The van der Waals surface area contributed by atoms with Crippen LogP contribution in [0.15, 0.2) is 42.6 Å². The lowest BCUT2D eigenvalue weighted by molar-refractivity contribution is 0.0365. The molecular formula is C16H19N3O3. The van der Waals surface area contributed by atoms with E-state index in [2.05, 4.69) is 15.8 Å². The number of benzene rings is 1. The summed E-state index contributed by atoms with van der Waals surface area (Å²) in [5, 5.41) is 3.12. The Morgan fingerprint density at radius 3 is 2.73 bits per heavy atom. The molecular weight excluding hydrogens is 282 g/mol. The third kappa shape index (κ3) is 4.20. The minimum absolute atomic E-state index is 0.330. The summed E-state index contributed by atoms with van der Waals surface area (Å²) < 4.78 is 5.48. The van der Waals surface area contributed by atoms with Crippen LogP contribution in [0.5, 0.6) is 5.75 Å². The fourth-order valence-electron chi connectivity index (χ4n) is 1.85. The van der Waals surface area contributed by atoms with Gasteiger partial charge in [0.2, 0.25) is 0 Å². The van der Waals surface area contributed by atoms with Crippen molar-refractivity contribution < 1.29 is 14.4 Å². The van der Waals surface area contributed by atoms with Crippen LogP contribution in [-0.4, -0.2) is 24.1 Å². The van der Waals surface area contributed by atoms with Gasteiger partial charge in [0.1, 0.15) is 11.6 Å². The quantitative estimate of drug-likeness (QED) is 0.769. The Bertz CT molecular complexity index is 617. The number of aromatic nitrogens is 1. The molecule has 22 heavy (non-hydrogen) atoms. The van der Waals surface area contributed by atoms with Gasteiger partial charge in [-0.2, -0.15) is 0 Å². The fourth-order valence-corrected chi connectivity index (χ4v) is 1.85. The maximum atomic E-state index is 12.1. The summed E-state index contributed by atoms with van der Waals surface area (Å²) in [6.45, 7) is 4.65. The largest absolute Gasteiger partial charge is 0.494 e. The number of ether oxygens (including phenoxy) is 1. The highest BCUT2D eigenvalue weighted by molar-refractivity contribution is 6.00. The highest BCUT2D eigenvalue weighted by Gasteiger charge is 2.13. The maximum absolute atomic E-state index is 12.1. The molecule has 0 atom stereocenters. The van der Waals surface area contributed by atoms with Crippen molar-refractivity contribution in [1.82, 2.24) is 10.5 Å². The molecule has 0 aliphatic rings. The molecule has 1 aromatic carbocycles. The first kappa shape index (κ1) is 15.8. The summed E-state index contributed by atoms with van der Waals surface area (Å²) in [7, 11) is 0. The Balaban J connectivity index is 2.29. The van der Waals surface area contributed by atoms with Crippen LogP contribution in [0.4, 0.5) is 11.5 Å². The van der Waals surface area contributed by atoms with E-state index in [1.165, 1.54) is 0 Å². The van der Waals surface area contributed by atoms with Gasteiger partial charge in [-0.3, -0.25) is 9.63 Å². The van der Waals surface area contributed by atoms with Crippen LogP contribution in [0.3, 0.4) is 0 Å². The van der Waals surface area contributed by atoms with Gasteiger partial charge < -0.3 is 10.1 Å². The highest BCUT2D eigenvalue weighted by atomic mass is 16.6. The smallest absolute Gasteiger partial charge is 0.276 e. The first-order valence-electron chi connectivity index (χ1n) is 7.11. The van der Waals surface area contributed by atoms with Crippen LogP contribution >= 0.6 is 0 Å². The topological polar surface area (TPSA) is 72.5 Å². The zero-order valence-electron chi connectivity index (χ0n) is 12.6. The maximum Gasteiger partial charge on any atom is 0.276 e. The van der Waals surface area contributed by atoms with E-state index in [9.17, 15) is 4.79 Å². The van der Waals surface area contributed by atoms with E-state index in [0.29, 0.717) is 36.0 Å². The molecule has 2 aromatic rings. The summed E-state index contributed by atoms with van der Waals surface area (Å²) in [6, 6.07) is 10.7. The molecule has 0 spiro atoms. The third-order valence-electron chi connectivity index (χ3n) is 2.78. The van der Waals surface area contributed by atoms with E-state index >= 15 is 0 Å². The zero-order chi connectivity index (χ0) is 15.8. The first-order valence-corrected chi connectivity index (χ1v) is 7.11. The molecule has 1 heterocycles. The average Bonchev–Trinajstić information content (AvgIpc) is 2.54. The molecule has 0 fully saturated rings. The SMILES string of the molecule is CCONC(=O)c1ccc(OCC)cc1Nc1ccccn1. The Morgan fingerprint density at radius 2 is 2.05 bits per heavy atom. The number of carbonyl (C=O) groups excluding carboxylic acids is 1. The van der Waals surface area contributed by atoms with Crippen LogP contribution in [-0.2, 0) is 4.84 Å². The monoisotopic (exact) mass is 301 g/mol. The summed E-state index contributed by atoms with van der Waals surface area (Å²) >= 11 is 0. The fraction of sp³-hybridized carbons (Fsp3) is 0.250. The predicted molar refractivity (Wildman–Crippen MR) is 84.2 cm³/mol. The van der Waals surface area contributed by atoms with Gasteiger partial charge in [-0.05, 0) is 38.1 Å². The molecule has 0 aliphatic carbocycles. The average molecular weight is 301 g/mol. The highest BCUT2D eigenvalue weighted by Crippen LogP contribution is 2.25. The van der Waals surface area contributed by atoms with Crippen molar-refractivity contribution in [3.8, 4) is 5.75 Å². The number of hydroxylamine groups is 1. The van der Waals surface area contributed by atoms with Crippen LogP contribution in [0.25, 0.3) is 0 Å². The van der Waals surface area contributed by atoms with E-state index in [4.69, 9.17) is 9.57 Å². The Kier molecular flexibility index (Phi) is 5.73. The van der Waals surface area contributed by atoms with Gasteiger partial charge in [0.25, 0.3) is 5.91 Å². The molecule has 0 radical (unpaired) electrons. The number of amides is 1. The number of carbonyl (C=O) groups is 1. The summed E-state index contributed by atoms with van der Waals surface area (Å²) in [5.74, 6) is 0.985. The molecule has 0 saturated heterocycles. The Morgan fingerprint density at radius 1 is 1.18 bits per heavy atom. The van der Waals surface area contributed by atoms with Gasteiger partial charge in [-0.1, -0.05) is 6.07 Å². The lowest BCUT2D eigenvalue weighted by Gasteiger charge is -2.13. The van der Waals surface area contributed by atoms with Crippen molar-refractivity contribution in [3.63, 3.8) is 0 Å². The molecule has 0 unspecified atom stereocenters. The molecule has 6 heteroatoms. The van der Waals surface area contributed by atoms with Crippen LogP contribution < -0.4 is 15.5 Å². The second-order valence-electron chi connectivity index (χ2n) is 4.34. The van der Waals surface area contributed by atoms with Gasteiger partial charge in [0, 0.05) is 12.3 Å². The molecule has 0 bridgehead atoms. The number of nitrogens with zero attached hydrogens (tertiary/aromatic N) is 1. The van der Waals surface area contributed by atoms with Crippen molar-refractivity contribution in [2.45, 2.75) is 13.8 Å². The second-order valence-corrected chi connectivity index (χ2v) is 4.34. The lowest BCUT2D eigenvalue weighted by atomic mass is 10.1. The molecule has 0 aliphatic heterocycles. The van der Waals surface area contributed by atoms with Gasteiger partial charge in [-0.25, -0.2) is 10.5 Å². The summed E-state index contributed by atoms with van der Waals surface area (Å²) in [5.41, 5.74) is 3.43. The number of pyridine rings is 1. The van der Waals surface area contributed by atoms with Gasteiger partial charge in [0.05, 0.1) is 24.5 Å². The predicted octanol–water partition coefficient (Wildman–Crippen LogP) is 2.91. The van der Waals surface area contributed by atoms with E-state index in [0.717, 1.165) is 0 Å². The summed E-state index contributed by atoms with van der Waals surface area (Å²) in [6.07, 6.45) is 1.68. The Hall–Kier alpha value is -2.60. The summed E-state index contributed by atoms with van der Waals surface area (Å²) in [4.78, 5) is 21.3. The molecule has 116 valence electrons. The van der Waals surface area contributed by atoms with Crippen molar-refractivity contribution >= 4 is 17.4 Å². The number of anilines is 2. The number of hydrogen-bond acceptors (Lipinski definition) is 5. The van der Waals surface area contributed by atoms with Crippen LogP contribution in [0, 0.1) is 0 Å². The van der Waals surface area contributed by atoms with Crippen molar-refractivity contribution in [2.24, 2.45) is 0 Å². The number of rotatable bonds is 7. The van der Waals surface area contributed by atoms with Crippen LogP contribution in [0.2, 0.25) is 0 Å². The zero-order valence-corrected chi connectivity index (χ0v) is 12.6. The van der Waals surface area contributed by atoms with Gasteiger partial charge in [0.15, 0.2) is 0 Å². The molecule has 0 saturated carbocycles. The minimum Gasteiger partial charge on any atom is -0.494 e. The van der Waals surface area contributed by atoms with Crippen LogP contribution in [0.1, 0.15) is 24.2 Å². The van der Waals surface area contributed by atoms with Crippen molar-refractivity contribution in [2.75, 3.05) is 18.5 Å². The lowest BCUT2D eigenvalue weighted by Crippen LogP contribution is -2.24. The van der Waals surface area contributed by atoms with Gasteiger partial charge >= 0.3 is 0 Å². The molecule has 1 amide bonds. The Labute approximate surface area is 129 Å². The minimum atomic E-state index is -0.330. The van der Waals surface area contributed by atoms with Gasteiger partial charge in [-0.15, -0.1) is 0 Å². The first-order chi connectivity index (χ1) is 10.7. The number of hydrogen-bond donors (Lipinski definition) is 2. The number of nitrogens with one attached hydrogen (secondary N) is 2. The molecule has 2 rings (SSSR count). The second kappa shape index (κ2) is 7.99. The van der Waals surface area contributed by atoms with Crippen molar-refractivity contribution in [3.05, 3.63) is 48.2 Å². The van der Waals surface area contributed by atoms with Crippen molar-refractivity contribution in [1.29, 1.82) is 0 Å². The van der Waals surface area contributed by atoms with E-state index in [1.54, 1.807) is 31.3 Å². The molecule has 6 nitrogen and oxygen atoms in total. The molecule has 2 N–H and O–H groups in total. The standard InChI is InChI=1S/C16H19N3O3/c1-3-21-12-8-9-13(16(20)19-22-4-2)14(11-12)18-15-7-5-6-10-17-15/h5-11H,3-4H2,1-2H3,(H,17,18)(H,19,20). The van der Waals surface area contributed by atoms with E-state index in [-0.39, 0.29) is 5.91 Å². The normalized spacial score (nSPS) is 10.1. The van der Waals surface area contributed by atoms with E-state index in [1.807, 2.05) is 25.1 Å². The van der Waals surface area contributed by atoms with E-state index < -0.39 is 0 Å². The third-order valence-corrected chi connectivity index (χ3v) is 2.78.